The molecule has 23 heavy (non-hydrogen) atoms. The van der Waals surface area contributed by atoms with Gasteiger partial charge in [-0.2, -0.15) is 0 Å². The van der Waals surface area contributed by atoms with Gasteiger partial charge in [0.25, 0.3) is 0 Å². The third-order valence-electron chi connectivity index (χ3n) is 3.65. The summed E-state index contributed by atoms with van der Waals surface area (Å²) in [5.41, 5.74) is 8.15. The molecule has 0 aliphatic heterocycles. The van der Waals surface area contributed by atoms with E-state index in [1.54, 1.807) is 0 Å². The molecule has 0 bridgehead atoms. The third kappa shape index (κ3) is 14.8. The van der Waals surface area contributed by atoms with Gasteiger partial charge in [-0.1, -0.05) is 56.5 Å². The summed E-state index contributed by atoms with van der Waals surface area (Å²) in [4.78, 5) is 2.75. The molecule has 6 nitrogen and oxygen atoms in total. The Bertz CT molecular complexity index is 350. The minimum Gasteiger partial charge on any atom is -0.309 e. The van der Waals surface area contributed by atoms with Gasteiger partial charge in [-0.15, -0.1) is 0 Å². The number of nitrogens with zero attached hydrogens (tertiary/aromatic N) is 3. The largest absolute Gasteiger partial charge is 0.330 e. The fraction of sp³-hybridized carbons (Fsp3) is 1.00. The van der Waals surface area contributed by atoms with Crippen molar-refractivity contribution in [3.05, 3.63) is 10.4 Å². The number of unbranched alkanes of at least 4 members (excludes halogenated alkanes) is 9. The molecule has 0 amide bonds. The molecule has 0 radical (unpaired) electrons. The Kier molecular flexibility index (Phi) is 15.9. The van der Waals surface area contributed by atoms with Gasteiger partial charge in [0.15, 0.2) is 0 Å². The lowest BCUT2D eigenvalue weighted by Crippen LogP contribution is -2.00. The second-order valence-electron chi connectivity index (χ2n) is 5.66. The normalized spacial score (nSPS) is 11.4. The lowest BCUT2D eigenvalue weighted by Gasteiger charge is -2.16. The van der Waals surface area contributed by atoms with Gasteiger partial charge in [-0.25, -0.2) is 0 Å². The first-order valence-electron chi connectivity index (χ1n) is 9.07. The second kappa shape index (κ2) is 16.3. The van der Waals surface area contributed by atoms with Crippen molar-refractivity contribution in [2.24, 2.45) is 5.11 Å². The summed E-state index contributed by atoms with van der Waals surface area (Å²) in [5.74, 6) is 0. The van der Waals surface area contributed by atoms with E-state index >= 15 is 0 Å². The van der Waals surface area contributed by atoms with Crippen LogP contribution in [0.4, 0.5) is 0 Å². The predicted molar refractivity (Wildman–Crippen MR) is 95.9 cm³/mol. The first-order valence-corrected chi connectivity index (χ1v) is 10.8. The Hall–Kier alpha value is -0.540. The van der Waals surface area contributed by atoms with Crippen molar-refractivity contribution in [3.63, 3.8) is 0 Å². The predicted octanol–water partition coefficient (Wildman–Crippen LogP) is 6.46. The van der Waals surface area contributed by atoms with Crippen LogP contribution >= 0.6 is 7.60 Å². The van der Waals surface area contributed by atoms with E-state index in [0.717, 1.165) is 25.7 Å². The highest BCUT2D eigenvalue weighted by Gasteiger charge is 2.22. The van der Waals surface area contributed by atoms with Crippen molar-refractivity contribution >= 4 is 7.60 Å². The molecule has 0 aromatic carbocycles. The molecule has 0 atom stereocenters. The van der Waals surface area contributed by atoms with Gasteiger partial charge in [-0.3, -0.25) is 4.57 Å². The molecule has 0 fully saturated rings. The van der Waals surface area contributed by atoms with Gasteiger partial charge in [0.1, 0.15) is 0 Å². The molecule has 136 valence electrons. The van der Waals surface area contributed by atoms with Crippen molar-refractivity contribution in [1.29, 1.82) is 0 Å². The molecule has 0 aliphatic carbocycles. The van der Waals surface area contributed by atoms with Crippen LogP contribution in [0.2, 0.25) is 0 Å². The highest BCUT2D eigenvalue weighted by Crippen LogP contribution is 2.48. The van der Waals surface area contributed by atoms with Crippen LogP contribution in [-0.2, 0) is 13.6 Å². The smallest absolute Gasteiger partial charge is 0.309 e. The number of hydrogen-bond donors (Lipinski definition) is 0. The second-order valence-corrected chi connectivity index (χ2v) is 7.85. The summed E-state index contributed by atoms with van der Waals surface area (Å²) in [7, 11) is -2.83. The van der Waals surface area contributed by atoms with E-state index in [4.69, 9.17) is 14.6 Å². The van der Waals surface area contributed by atoms with Crippen molar-refractivity contribution in [3.8, 4) is 0 Å². The molecule has 0 aliphatic rings. The first kappa shape index (κ1) is 22.5. The molecule has 0 heterocycles. The zero-order valence-corrected chi connectivity index (χ0v) is 15.8. The molecule has 0 saturated carbocycles. The van der Waals surface area contributed by atoms with E-state index in [9.17, 15) is 4.57 Å². The van der Waals surface area contributed by atoms with E-state index in [0.29, 0.717) is 25.9 Å². The van der Waals surface area contributed by atoms with Crippen LogP contribution in [0.1, 0.15) is 78.1 Å². The van der Waals surface area contributed by atoms with Gasteiger partial charge >= 0.3 is 7.60 Å². The Morgan fingerprint density at radius 3 is 1.70 bits per heavy atom. The van der Waals surface area contributed by atoms with Gasteiger partial charge < -0.3 is 9.05 Å². The van der Waals surface area contributed by atoms with E-state index in [1.807, 2.05) is 13.8 Å². The van der Waals surface area contributed by atoms with Crippen molar-refractivity contribution in [2.45, 2.75) is 78.1 Å². The molecule has 0 spiro atoms. The van der Waals surface area contributed by atoms with Crippen LogP contribution in [0.3, 0.4) is 0 Å². The Balaban J connectivity index is 3.38. The molecule has 0 N–H and O–H groups in total. The van der Waals surface area contributed by atoms with Crippen LogP contribution in [0.5, 0.6) is 0 Å². The Labute approximate surface area is 141 Å². The summed E-state index contributed by atoms with van der Waals surface area (Å²) in [5, 5.41) is 3.53. The van der Waals surface area contributed by atoms with Gasteiger partial charge in [0, 0.05) is 11.5 Å². The number of rotatable bonds is 17. The molecule has 0 aromatic rings. The highest BCUT2D eigenvalue weighted by atomic mass is 31.2. The maximum Gasteiger partial charge on any atom is 0.330 e. The lowest BCUT2D eigenvalue weighted by molar-refractivity contribution is 0.219. The zero-order chi connectivity index (χ0) is 17.2. The zero-order valence-electron chi connectivity index (χ0n) is 14.9. The molecular formula is C16H34N3O3P. The maximum absolute atomic E-state index is 12.2. The average Bonchev–Trinajstić information content (AvgIpc) is 2.52. The van der Waals surface area contributed by atoms with Gasteiger partial charge in [0.05, 0.1) is 19.4 Å². The van der Waals surface area contributed by atoms with Crippen LogP contribution in [0.25, 0.3) is 10.4 Å². The fourth-order valence-electron chi connectivity index (χ4n) is 2.51. The highest BCUT2D eigenvalue weighted by molar-refractivity contribution is 7.53. The topological polar surface area (TPSA) is 84.3 Å². The molecule has 7 heteroatoms. The molecule has 0 unspecified atom stereocenters. The van der Waals surface area contributed by atoms with Gasteiger partial charge in [-0.05, 0) is 32.2 Å². The number of azide groups is 1. The molecule has 0 aromatic heterocycles. The van der Waals surface area contributed by atoms with Crippen LogP contribution in [-0.4, -0.2) is 25.9 Å². The monoisotopic (exact) mass is 347 g/mol. The molecule has 0 rings (SSSR count). The van der Waals surface area contributed by atoms with Gasteiger partial charge in [0.2, 0.25) is 0 Å². The third-order valence-corrected chi connectivity index (χ3v) is 5.82. The standard InChI is InChI=1S/C16H34N3O3P/c1-3-21-23(20,22-4-2)16-14-12-10-8-6-5-7-9-11-13-15-18-19-17/h3-16H2,1-2H3. The summed E-state index contributed by atoms with van der Waals surface area (Å²) in [6, 6.07) is 0. The van der Waals surface area contributed by atoms with Crippen LogP contribution in [0.15, 0.2) is 5.11 Å². The first-order chi connectivity index (χ1) is 11.2. The minimum atomic E-state index is -2.83. The quantitative estimate of drug-likeness (QED) is 0.0994. The van der Waals surface area contributed by atoms with Crippen LogP contribution < -0.4 is 0 Å². The summed E-state index contributed by atoms with van der Waals surface area (Å²) in [6.45, 7) is 5.22. The minimum absolute atomic E-state index is 0.445. The number of hydrogen-bond acceptors (Lipinski definition) is 4. The summed E-state index contributed by atoms with van der Waals surface area (Å²) >= 11 is 0. The van der Waals surface area contributed by atoms with E-state index < -0.39 is 7.60 Å². The SMILES string of the molecule is CCOP(=O)(CCCCCCCCCCCCN=[N+]=[N-])OCC. The average molecular weight is 347 g/mol. The van der Waals surface area contributed by atoms with Crippen molar-refractivity contribution in [2.75, 3.05) is 25.9 Å². The summed E-state index contributed by atoms with van der Waals surface area (Å²) in [6.07, 6.45) is 12.2. The Morgan fingerprint density at radius 1 is 0.826 bits per heavy atom. The van der Waals surface area contributed by atoms with E-state index in [2.05, 4.69) is 10.0 Å². The maximum atomic E-state index is 12.2. The van der Waals surface area contributed by atoms with E-state index in [-0.39, 0.29) is 0 Å². The van der Waals surface area contributed by atoms with E-state index in [1.165, 1.54) is 38.5 Å². The molecule has 0 saturated heterocycles. The Morgan fingerprint density at radius 2 is 1.26 bits per heavy atom. The lowest BCUT2D eigenvalue weighted by atomic mass is 10.1. The van der Waals surface area contributed by atoms with Crippen molar-refractivity contribution < 1.29 is 13.6 Å². The fourth-order valence-corrected chi connectivity index (χ4v) is 4.24. The molecular weight excluding hydrogens is 313 g/mol. The van der Waals surface area contributed by atoms with Crippen molar-refractivity contribution in [1.82, 2.24) is 0 Å². The van der Waals surface area contributed by atoms with Crippen LogP contribution in [0, 0.1) is 0 Å². The summed E-state index contributed by atoms with van der Waals surface area (Å²) < 4.78 is 22.8.